The second-order valence-electron chi connectivity index (χ2n) is 3.90. The van der Waals surface area contributed by atoms with Gasteiger partial charge in [-0.15, -0.1) is 0 Å². The molecule has 2 rings (SSSR count). The molecular weight excluding hydrogens is 344 g/mol. The predicted octanol–water partition coefficient (Wildman–Crippen LogP) is 4.15. The molecule has 0 aliphatic carbocycles. The first-order valence-corrected chi connectivity index (χ1v) is 7.12. The fraction of sp³-hybridized carbons (Fsp3) is 0.143. The SMILES string of the molecule is CCOc1ccc(NC(=O)c2ccnc(Br)c2)cc1Cl. The molecule has 0 spiro atoms. The monoisotopic (exact) mass is 354 g/mol. The Balaban J connectivity index is 2.14. The molecular formula is C14H12BrClN2O2. The summed E-state index contributed by atoms with van der Waals surface area (Å²) >= 11 is 9.29. The molecule has 1 N–H and O–H groups in total. The Morgan fingerprint density at radius 3 is 2.85 bits per heavy atom. The van der Waals surface area contributed by atoms with Gasteiger partial charge in [0.1, 0.15) is 10.4 Å². The van der Waals surface area contributed by atoms with Gasteiger partial charge < -0.3 is 10.1 Å². The zero-order valence-corrected chi connectivity index (χ0v) is 13.0. The first kappa shape index (κ1) is 14.8. The smallest absolute Gasteiger partial charge is 0.255 e. The van der Waals surface area contributed by atoms with Crippen molar-refractivity contribution in [2.24, 2.45) is 0 Å². The van der Waals surface area contributed by atoms with Gasteiger partial charge in [0.25, 0.3) is 5.91 Å². The lowest BCUT2D eigenvalue weighted by atomic mass is 10.2. The molecule has 1 aromatic carbocycles. The van der Waals surface area contributed by atoms with E-state index < -0.39 is 0 Å². The van der Waals surface area contributed by atoms with E-state index in [2.05, 4.69) is 26.2 Å². The number of aromatic nitrogens is 1. The Hall–Kier alpha value is -1.59. The van der Waals surface area contributed by atoms with E-state index in [1.165, 1.54) is 0 Å². The van der Waals surface area contributed by atoms with Crippen LogP contribution in [0.4, 0.5) is 5.69 Å². The Morgan fingerprint density at radius 1 is 1.40 bits per heavy atom. The average molecular weight is 356 g/mol. The van der Waals surface area contributed by atoms with Gasteiger partial charge in [-0.1, -0.05) is 11.6 Å². The normalized spacial score (nSPS) is 10.2. The number of rotatable bonds is 4. The first-order chi connectivity index (χ1) is 9.60. The summed E-state index contributed by atoms with van der Waals surface area (Å²) in [5.74, 6) is 0.368. The molecule has 2 aromatic rings. The zero-order chi connectivity index (χ0) is 14.5. The summed E-state index contributed by atoms with van der Waals surface area (Å²) in [5.41, 5.74) is 1.12. The third-order valence-electron chi connectivity index (χ3n) is 2.48. The highest BCUT2D eigenvalue weighted by atomic mass is 79.9. The van der Waals surface area contributed by atoms with Crippen molar-refractivity contribution in [1.82, 2.24) is 4.98 Å². The quantitative estimate of drug-likeness (QED) is 0.838. The van der Waals surface area contributed by atoms with Gasteiger partial charge in [0.2, 0.25) is 0 Å². The minimum absolute atomic E-state index is 0.228. The lowest BCUT2D eigenvalue weighted by molar-refractivity contribution is 0.102. The van der Waals surface area contributed by atoms with Gasteiger partial charge in [-0.05, 0) is 53.2 Å². The van der Waals surface area contributed by atoms with Crippen LogP contribution in [0.1, 0.15) is 17.3 Å². The molecule has 1 amide bonds. The van der Waals surface area contributed by atoms with Crippen molar-refractivity contribution in [1.29, 1.82) is 0 Å². The number of nitrogens with zero attached hydrogens (tertiary/aromatic N) is 1. The van der Waals surface area contributed by atoms with Crippen LogP contribution < -0.4 is 10.1 Å². The van der Waals surface area contributed by atoms with E-state index in [4.69, 9.17) is 16.3 Å². The van der Waals surface area contributed by atoms with Crippen molar-refractivity contribution in [3.05, 3.63) is 51.7 Å². The Morgan fingerprint density at radius 2 is 2.20 bits per heavy atom. The summed E-state index contributed by atoms with van der Waals surface area (Å²) in [7, 11) is 0. The summed E-state index contributed by atoms with van der Waals surface area (Å²) in [5, 5.41) is 3.23. The number of pyridine rings is 1. The van der Waals surface area contributed by atoms with E-state index in [-0.39, 0.29) is 5.91 Å². The van der Waals surface area contributed by atoms with E-state index in [1.807, 2.05) is 6.92 Å². The van der Waals surface area contributed by atoms with Crippen LogP contribution in [0.25, 0.3) is 0 Å². The number of amides is 1. The molecule has 1 aromatic heterocycles. The van der Waals surface area contributed by atoms with Gasteiger partial charge in [0.15, 0.2) is 0 Å². The molecule has 6 heteroatoms. The maximum atomic E-state index is 12.1. The van der Waals surface area contributed by atoms with Gasteiger partial charge in [-0.25, -0.2) is 4.98 Å². The van der Waals surface area contributed by atoms with Crippen LogP contribution in [-0.4, -0.2) is 17.5 Å². The van der Waals surface area contributed by atoms with E-state index in [0.717, 1.165) is 0 Å². The summed E-state index contributed by atoms with van der Waals surface area (Å²) in [6.45, 7) is 2.42. The molecule has 0 saturated heterocycles. The number of benzene rings is 1. The van der Waals surface area contributed by atoms with Crippen LogP contribution in [0.5, 0.6) is 5.75 Å². The second-order valence-corrected chi connectivity index (χ2v) is 5.12. The first-order valence-electron chi connectivity index (χ1n) is 5.95. The Labute approximate surface area is 130 Å². The molecule has 0 fully saturated rings. The number of halogens is 2. The molecule has 20 heavy (non-hydrogen) atoms. The summed E-state index contributed by atoms with van der Waals surface area (Å²) < 4.78 is 5.94. The average Bonchev–Trinajstić information content (AvgIpc) is 2.42. The van der Waals surface area contributed by atoms with Crippen LogP contribution in [0.2, 0.25) is 5.02 Å². The molecule has 0 radical (unpaired) electrons. The molecule has 0 aliphatic rings. The maximum Gasteiger partial charge on any atom is 0.255 e. The van der Waals surface area contributed by atoms with Crippen LogP contribution in [0.15, 0.2) is 41.1 Å². The molecule has 0 unspecified atom stereocenters. The topological polar surface area (TPSA) is 51.2 Å². The highest BCUT2D eigenvalue weighted by Gasteiger charge is 2.08. The van der Waals surface area contributed by atoms with E-state index in [0.29, 0.717) is 33.2 Å². The number of hydrogen-bond acceptors (Lipinski definition) is 3. The van der Waals surface area contributed by atoms with Gasteiger partial charge >= 0.3 is 0 Å². The minimum atomic E-state index is -0.228. The van der Waals surface area contributed by atoms with Crippen LogP contribution in [0.3, 0.4) is 0 Å². The Bertz CT molecular complexity index is 634. The maximum absolute atomic E-state index is 12.1. The summed E-state index contributed by atoms with van der Waals surface area (Å²) in [6.07, 6.45) is 1.56. The number of carbonyl (C=O) groups is 1. The van der Waals surface area contributed by atoms with Crippen LogP contribution >= 0.6 is 27.5 Å². The van der Waals surface area contributed by atoms with Crippen molar-refractivity contribution >= 4 is 39.1 Å². The molecule has 4 nitrogen and oxygen atoms in total. The number of carbonyl (C=O) groups excluding carboxylic acids is 1. The molecule has 0 atom stereocenters. The van der Waals surface area contributed by atoms with E-state index in [9.17, 15) is 4.79 Å². The molecule has 104 valence electrons. The largest absolute Gasteiger partial charge is 0.492 e. The second kappa shape index (κ2) is 6.72. The van der Waals surface area contributed by atoms with E-state index in [1.54, 1.807) is 36.5 Å². The van der Waals surface area contributed by atoms with Gasteiger partial charge in [0.05, 0.1) is 11.6 Å². The van der Waals surface area contributed by atoms with Gasteiger partial charge in [-0.3, -0.25) is 4.79 Å². The lowest BCUT2D eigenvalue weighted by Gasteiger charge is -2.09. The lowest BCUT2D eigenvalue weighted by Crippen LogP contribution is -2.12. The fourth-order valence-corrected chi connectivity index (χ4v) is 2.20. The highest BCUT2D eigenvalue weighted by molar-refractivity contribution is 9.10. The van der Waals surface area contributed by atoms with Crippen LogP contribution in [-0.2, 0) is 0 Å². The summed E-state index contributed by atoms with van der Waals surface area (Å²) in [4.78, 5) is 16.0. The van der Waals surface area contributed by atoms with Gasteiger partial charge in [0, 0.05) is 17.4 Å². The molecule has 0 bridgehead atoms. The number of anilines is 1. The minimum Gasteiger partial charge on any atom is -0.492 e. The van der Waals surface area contributed by atoms with Crippen molar-refractivity contribution in [3.8, 4) is 5.75 Å². The van der Waals surface area contributed by atoms with E-state index >= 15 is 0 Å². The number of hydrogen-bond donors (Lipinski definition) is 1. The molecule has 0 saturated carbocycles. The zero-order valence-electron chi connectivity index (χ0n) is 10.7. The highest BCUT2D eigenvalue weighted by Crippen LogP contribution is 2.27. The third kappa shape index (κ3) is 3.71. The fourth-order valence-electron chi connectivity index (χ4n) is 1.60. The van der Waals surface area contributed by atoms with Gasteiger partial charge in [-0.2, -0.15) is 0 Å². The van der Waals surface area contributed by atoms with Crippen molar-refractivity contribution < 1.29 is 9.53 Å². The summed E-state index contributed by atoms with van der Waals surface area (Å²) in [6, 6.07) is 8.40. The van der Waals surface area contributed by atoms with Crippen LogP contribution in [0, 0.1) is 0 Å². The van der Waals surface area contributed by atoms with Crippen molar-refractivity contribution in [2.75, 3.05) is 11.9 Å². The third-order valence-corrected chi connectivity index (χ3v) is 3.21. The predicted molar refractivity (Wildman–Crippen MR) is 82.5 cm³/mol. The van der Waals surface area contributed by atoms with Crippen molar-refractivity contribution in [2.45, 2.75) is 6.92 Å². The number of nitrogens with one attached hydrogen (secondary N) is 1. The molecule has 0 aliphatic heterocycles. The number of ether oxygens (including phenoxy) is 1. The Kier molecular flexibility index (Phi) is 4.98. The van der Waals surface area contributed by atoms with Crippen molar-refractivity contribution in [3.63, 3.8) is 0 Å². The standard InChI is InChI=1S/C14H12BrClN2O2/c1-2-20-12-4-3-10(8-11(12)16)18-14(19)9-5-6-17-13(15)7-9/h3-8H,2H2,1H3,(H,18,19). The molecule has 1 heterocycles.